The number of benzene rings is 1. The first-order valence-electron chi connectivity index (χ1n) is 5.76. The monoisotopic (exact) mass is 244 g/mol. The fourth-order valence-electron chi connectivity index (χ4n) is 2.01. The van der Waals surface area contributed by atoms with E-state index >= 15 is 0 Å². The highest BCUT2D eigenvalue weighted by Gasteiger charge is 2.14. The summed E-state index contributed by atoms with van der Waals surface area (Å²) in [5.41, 5.74) is 0.292. The molecule has 17 heavy (non-hydrogen) atoms. The van der Waals surface area contributed by atoms with E-state index in [0.717, 1.165) is 38.1 Å². The van der Waals surface area contributed by atoms with Gasteiger partial charge >= 0.3 is 0 Å². The molecule has 94 valence electrons. The second-order valence-electron chi connectivity index (χ2n) is 4.33. The Morgan fingerprint density at radius 1 is 1.12 bits per heavy atom. The summed E-state index contributed by atoms with van der Waals surface area (Å²) in [6.07, 6.45) is 2.08. The lowest BCUT2D eigenvalue weighted by molar-refractivity contribution is 0.389. The molecule has 1 aliphatic heterocycles. The summed E-state index contributed by atoms with van der Waals surface area (Å²) in [6.45, 7) is 2.60. The van der Waals surface area contributed by atoms with E-state index in [1.807, 2.05) is 0 Å². The summed E-state index contributed by atoms with van der Waals surface area (Å²) in [7, 11) is 0. The first-order chi connectivity index (χ1) is 8.16. The Morgan fingerprint density at radius 3 is 2.29 bits per heavy atom. The van der Waals surface area contributed by atoms with Crippen molar-refractivity contribution in [1.29, 1.82) is 0 Å². The summed E-state index contributed by atoms with van der Waals surface area (Å²) in [4.78, 5) is 0. The largest absolute Gasteiger partial charge is 0.385 e. The van der Waals surface area contributed by atoms with Gasteiger partial charge in [-0.3, -0.25) is 0 Å². The van der Waals surface area contributed by atoms with Crippen molar-refractivity contribution in [3.05, 3.63) is 29.6 Å². The van der Waals surface area contributed by atoms with Crippen molar-refractivity contribution < 1.29 is 13.2 Å². The van der Waals surface area contributed by atoms with Crippen LogP contribution in [-0.2, 0) is 0 Å². The van der Waals surface area contributed by atoms with E-state index in [9.17, 15) is 13.2 Å². The van der Waals surface area contributed by atoms with Gasteiger partial charge in [0.15, 0.2) is 17.5 Å². The van der Waals surface area contributed by atoms with Gasteiger partial charge in [-0.2, -0.15) is 0 Å². The molecule has 1 heterocycles. The van der Waals surface area contributed by atoms with Crippen LogP contribution in [0.2, 0.25) is 0 Å². The molecule has 0 aliphatic carbocycles. The minimum Gasteiger partial charge on any atom is -0.385 e. The van der Waals surface area contributed by atoms with Crippen LogP contribution in [0.3, 0.4) is 0 Å². The van der Waals surface area contributed by atoms with Gasteiger partial charge in [-0.15, -0.1) is 0 Å². The number of rotatable bonds is 3. The van der Waals surface area contributed by atoms with Crippen molar-refractivity contribution in [3.63, 3.8) is 0 Å². The van der Waals surface area contributed by atoms with E-state index in [1.165, 1.54) is 0 Å². The fraction of sp³-hybridized carbons (Fsp3) is 0.500. The molecule has 1 aromatic rings. The van der Waals surface area contributed by atoms with Crippen molar-refractivity contribution in [2.24, 2.45) is 5.92 Å². The number of halogens is 3. The van der Waals surface area contributed by atoms with Crippen molar-refractivity contribution in [1.82, 2.24) is 5.32 Å². The first kappa shape index (κ1) is 12.2. The highest BCUT2D eigenvalue weighted by molar-refractivity contribution is 5.44. The summed E-state index contributed by atoms with van der Waals surface area (Å²) < 4.78 is 38.6. The molecule has 1 saturated heterocycles. The molecule has 0 aromatic heterocycles. The summed E-state index contributed by atoms with van der Waals surface area (Å²) in [6, 6.07) is 1.97. The molecular formula is C12H15F3N2. The molecule has 0 radical (unpaired) electrons. The maximum atomic E-state index is 12.9. The van der Waals surface area contributed by atoms with Gasteiger partial charge in [-0.25, -0.2) is 13.2 Å². The lowest BCUT2D eigenvalue weighted by Gasteiger charge is -2.23. The van der Waals surface area contributed by atoms with Gasteiger partial charge in [-0.1, -0.05) is 0 Å². The molecule has 1 aliphatic rings. The Morgan fingerprint density at radius 2 is 1.71 bits per heavy atom. The zero-order valence-corrected chi connectivity index (χ0v) is 9.40. The van der Waals surface area contributed by atoms with Crippen LogP contribution < -0.4 is 10.6 Å². The van der Waals surface area contributed by atoms with Gasteiger partial charge in [0.2, 0.25) is 0 Å². The van der Waals surface area contributed by atoms with E-state index in [2.05, 4.69) is 10.6 Å². The standard InChI is InChI=1S/C12H15F3N2/c13-10-5-9(6-11(14)12(10)15)17-7-8-1-3-16-4-2-8/h5-6,8,16-17H,1-4,7H2. The Hall–Kier alpha value is -1.23. The fourth-order valence-corrected chi connectivity index (χ4v) is 2.01. The van der Waals surface area contributed by atoms with Crippen LogP contribution in [0.4, 0.5) is 18.9 Å². The number of anilines is 1. The average molecular weight is 244 g/mol. The maximum absolute atomic E-state index is 12.9. The molecule has 2 nitrogen and oxygen atoms in total. The Balaban J connectivity index is 1.94. The number of piperidine rings is 1. The first-order valence-corrected chi connectivity index (χ1v) is 5.76. The maximum Gasteiger partial charge on any atom is 0.194 e. The zero-order valence-electron chi connectivity index (χ0n) is 9.40. The third-order valence-corrected chi connectivity index (χ3v) is 3.04. The molecule has 0 spiro atoms. The summed E-state index contributed by atoms with van der Waals surface area (Å²) in [5.74, 6) is -3.24. The van der Waals surface area contributed by atoms with Gasteiger partial charge < -0.3 is 10.6 Å². The van der Waals surface area contributed by atoms with E-state index in [0.29, 0.717) is 18.2 Å². The predicted molar refractivity (Wildman–Crippen MR) is 60.4 cm³/mol. The van der Waals surface area contributed by atoms with Crippen LogP contribution in [0.1, 0.15) is 12.8 Å². The van der Waals surface area contributed by atoms with Gasteiger partial charge in [0.1, 0.15) is 0 Å². The van der Waals surface area contributed by atoms with E-state index < -0.39 is 17.5 Å². The number of nitrogens with one attached hydrogen (secondary N) is 2. The Bertz CT molecular complexity index is 366. The van der Waals surface area contributed by atoms with Gasteiger partial charge in [-0.05, 0) is 31.8 Å². The van der Waals surface area contributed by atoms with Crippen LogP contribution in [0.15, 0.2) is 12.1 Å². The average Bonchev–Trinajstić information content (AvgIpc) is 2.34. The summed E-state index contributed by atoms with van der Waals surface area (Å²) in [5, 5.41) is 6.19. The highest BCUT2D eigenvalue weighted by atomic mass is 19.2. The van der Waals surface area contributed by atoms with Crippen molar-refractivity contribution in [2.75, 3.05) is 25.0 Å². The number of hydrogen-bond donors (Lipinski definition) is 2. The molecule has 0 atom stereocenters. The minimum absolute atomic E-state index is 0.292. The summed E-state index contributed by atoms with van der Waals surface area (Å²) >= 11 is 0. The van der Waals surface area contributed by atoms with E-state index in [1.54, 1.807) is 0 Å². The lowest BCUT2D eigenvalue weighted by atomic mass is 9.98. The predicted octanol–water partition coefficient (Wildman–Crippen LogP) is 2.52. The molecule has 2 rings (SSSR count). The van der Waals surface area contributed by atoms with E-state index in [4.69, 9.17) is 0 Å². The van der Waals surface area contributed by atoms with Gasteiger partial charge in [0, 0.05) is 24.4 Å². The second kappa shape index (κ2) is 5.40. The number of hydrogen-bond acceptors (Lipinski definition) is 2. The van der Waals surface area contributed by atoms with Crippen molar-refractivity contribution in [2.45, 2.75) is 12.8 Å². The Labute approximate surface area is 98.2 Å². The van der Waals surface area contributed by atoms with Crippen molar-refractivity contribution >= 4 is 5.69 Å². The second-order valence-corrected chi connectivity index (χ2v) is 4.33. The van der Waals surface area contributed by atoms with Crippen LogP contribution in [-0.4, -0.2) is 19.6 Å². The molecular weight excluding hydrogens is 229 g/mol. The van der Waals surface area contributed by atoms with Gasteiger partial charge in [0.05, 0.1) is 0 Å². The SMILES string of the molecule is Fc1cc(NCC2CCNCC2)cc(F)c1F. The van der Waals surface area contributed by atoms with Crippen LogP contribution >= 0.6 is 0 Å². The molecule has 1 fully saturated rings. The van der Waals surface area contributed by atoms with Crippen LogP contribution in [0, 0.1) is 23.4 Å². The molecule has 0 amide bonds. The minimum atomic E-state index is -1.42. The normalized spacial score (nSPS) is 17.1. The molecule has 0 unspecified atom stereocenters. The smallest absolute Gasteiger partial charge is 0.194 e. The quantitative estimate of drug-likeness (QED) is 0.798. The zero-order chi connectivity index (χ0) is 12.3. The molecule has 0 saturated carbocycles. The van der Waals surface area contributed by atoms with Gasteiger partial charge in [0.25, 0.3) is 0 Å². The molecule has 0 bridgehead atoms. The van der Waals surface area contributed by atoms with E-state index in [-0.39, 0.29) is 0 Å². The third kappa shape index (κ3) is 3.12. The van der Waals surface area contributed by atoms with Crippen LogP contribution in [0.5, 0.6) is 0 Å². The molecule has 1 aromatic carbocycles. The third-order valence-electron chi connectivity index (χ3n) is 3.04. The van der Waals surface area contributed by atoms with Crippen LogP contribution in [0.25, 0.3) is 0 Å². The Kier molecular flexibility index (Phi) is 3.89. The molecule has 2 N–H and O–H groups in total. The topological polar surface area (TPSA) is 24.1 Å². The molecule has 5 heteroatoms. The lowest BCUT2D eigenvalue weighted by Crippen LogP contribution is -2.31. The van der Waals surface area contributed by atoms with Crippen molar-refractivity contribution in [3.8, 4) is 0 Å². The highest BCUT2D eigenvalue weighted by Crippen LogP contribution is 2.19.